The smallest absolute Gasteiger partial charge is 0.00899 e. The Morgan fingerprint density at radius 2 is 1.61 bits per heavy atom. The van der Waals surface area contributed by atoms with Gasteiger partial charge in [-0.1, -0.05) is 92.9 Å². The standard InChI is InChI=1S/C27H29P/c1-3-11-21(12-4-1)24-17-9-19-26(24)28(23-15-7-8-16-23)27-20-10-18-25(27)22-13-5-2-6-14-22/h1-6,9,11-15,18-19,24,26-27H,7-8,10,16-17,20H2/t24?,26-,27+,28?/m0/s1. The summed E-state index contributed by atoms with van der Waals surface area (Å²) in [6, 6.07) is 22.5. The minimum Gasteiger partial charge on any atom is -0.0872 e. The van der Waals surface area contributed by atoms with Gasteiger partial charge < -0.3 is 0 Å². The van der Waals surface area contributed by atoms with E-state index in [1.807, 2.05) is 0 Å². The summed E-state index contributed by atoms with van der Waals surface area (Å²) in [5.74, 6) is 0.659. The van der Waals surface area contributed by atoms with Gasteiger partial charge in [-0.2, -0.15) is 0 Å². The lowest BCUT2D eigenvalue weighted by Crippen LogP contribution is -2.19. The quantitative estimate of drug-likeness (QED) is 0.363. The topological polar surface area (TPSA) is 0 Å². The van der Waals surface area contributed by atoms with Gasteiger partial charge in [0.15, 0.2) is 0 Å². The van der Waals surface area contributed by atoms with Crippen LogP contribution in [0.15, 0.2) is 90.3 Å². The van der Waals surface area contributed by atoms with Gasteiger partial charge in [0.2, 0.25) is 0 Å². The lowest BCUT2D eigenvalue weighted by molar-refractivity contribution is 0.753. The molecule has 5 rings (SSSR count). The van der Waals surface area contributed by atoms with E-state index >= 15 is 0 Å². The maximum Gasteiger partial charge on any atom is 0.00899 e. The normalized spacial score (nSPS) is 27.6. The predicted molar refractivity (Wildman–Crippen MR) is 123 cm³/mol. The van der Waals surface area contributed by atoms with Crippen molar-refractivity contribution in [2.24, 2.45) is 0 Å². The van der Waals surface area contributed by atoms with Crippen LogP contribution in [0, 0.1) is 0 Å². The molecule has 2 aromatic rings. The average molecular weight is 385 g/mol. The molecule has 3 aliphatic carbocycles. The summed E-state index contributed by atoms with van der Waals surface area (Å²) in [5.41, 5.74) is 6.03. The second-order valence-electron chi connectivity index (χ2n) is 8.29. The van der Waals surface area contributed by atoms with Crippen LogP contribution in [0.1, 0.15) is 55.6 Å². The van der Waals surface area contributed by atoms with Crippen molar-refractivity contribution >= 4 is 13.5 Å². The molecule has 0 saturated heterocycles. The summed E-state index contributed by atoms with van der Waals surface area (Å²) in [4.78, 5) is 0. The van der Waals surface area contributed by atoms with Crippen molar-refractivity contribution in [1.82, 2.24) is 0 Å². The minimum absolute atomic E-state index is 0.184. The summed E-state index contributed by atoms with van der Waals surface area (Å²) in [6.45, 7) is 0. The molecule has 0 fully saturated rings. The fourth-order valence-corrected chi connectivity index (χ4v) is 9.29. The molecule has 0 spiro atoms. The highest BCUT2D eigenvalue weighted by Crippen LogP contribution is 2.66. The Labute approximate surface area is 170 Å². The van der Waals surface area contributed by atoms with E-state index in [0.717, 1.165) is 5.66 Å². The highest BCUT2D eigenvalue weighted by molar-refractivity contribution is 7.64. The van der Waals surface area contributed by atoms with Crippen LogP contribution in [-0.2, 0) is 0 Å². The van der Waals surface area contributed by atoms with Crippen LogP contribution in [-0.4, -0.2) is 11.3 Å². The largest absolute Gasteiger partial charge is 0.0872 e. The Bertz CT molecular complexity index is 888. The van der Waals surface area contributed by atoms with E-state index in [2.05, 4.69) is 85.0 Å². The molecule has 0 amide bonds. The van der Waals surface area contributed by atoms with Gasteiger partial charge in [0, 0.05) is 11.3 Å². The Morgan fingerprint density at radius 1 is 0.821 bits per heavy atom. The second-order valence-corrected chi connectivity index (χ2v) is 10.9. The molecule has 1 heteroatoms. The van der Waals surface area contributed by atoms with Crippen LogP contribution < -0.4 is 0 Å². The number of rotatable bonds is 5. The predicted octanol–water partition coefficient (Wildman–Crippen LogP) is 7.89. The third kappa shape index (κ3) is 3.44. The maximum atomic E-state index is 2.61. The van der Waals surface area contributed by atoms with Crippen molar-refractivity contribution in [2.75, 3.05) is 0 Å². The molecule has 0 radical (unpaired) electrons. The van der Waals surface area contributed by atoms with Crippen LogP contribution >= 0.6 is 7.92 Å². The highest BCUT2D eigenvalue weighted by atomic mass is 31.1. The molecule has 4 atom stereocenters. The van der Waals surface area contributed by atoms with Crippen molar-refractivity contribution < 1.29 is 0 Å². The average Bonchev–Trinajstić information content (AvgIpc) is 3.53. The summed E-state index contributed by atoms with van der Waals surface area (Å²) in [6.07, 6.45) is 18.0. The van der Waals surface area contributed by atoms with E-state index in [4.69, 9.17) is 0 Å². The first-order valence-corrected chi connectivity index (χ1v) is 12.3. The van der Waals surface area contributed by atoms with Gasteiger partial charge in [0.05, 0.1) is 0 Å². The zero-order valence-electron chi connectivity index (χ0n) is 16.5. The summed E-state index contributed by atoms with van der Waals surface area (Å²) >= 11 is 0. The molecular weight excluding hydrogens is 355 g/mol. The monoisotopic (exact) mass is 384 g/mol. The van der Waals surface area contributed by atoms with Gasteiger partial charge >= 0.3 is 0 Å². The molecule has 0 N–H and O–H groups in total. The third-order valence-corrected chi connectivity index (χ3v) is 10.1. The molecule has 0 heterocycles. The van der Waals surface area contributed by atoms with Crippen LogP contribution in [0.25, 0.3) is 5.57 Å². The number of allylic oxidation sites excluding steroid dienone is 6. The number of benzene rings is 2. The second kappa shape index (κ2) is 8.22. The Balaban J connectivity index is 1.52. The van der Waals surface area contributed by atoms with E-state index < -0.39 is 0 Å². The third-order valence-electron chi connectivity index (χ3n) is 6.64. The van der Waals surface area contributed by atoms with E-state index in [9.17, 15) is 0 Å². The zero-order valence-corrected chi connectivity index (χ0v) is 17.4. The maximum absolute atomic E-state index is 2.61. The van der Waals surface area contributed by atoms with Gasteiger partial charge in [-0.15, -0.1) is 0 Å². The number of hydrogen-bond acceptors (Lipinski definition) is 0. The Morgan fingerprint density at radius 3 is 2.36 bits per heavy atom. The van der Waals surface area contributed by atoms with Crippen molar-refractivity contribution in [2.45, 2.75) is 55.8 Å². The molecular formula is C27H29P. The zero-order chi connectivity index (χ0) is 18.8. The van der Waals surface area contributed by atoms with Gasteiger partial charge in [-0.3, -0.25) is 0 Å². The molecule has 0 aliphatic heterocycles. The van der Waals surface area contributed by atoms with E-state index in [0.29, 0.717) is 11.6 Å². The van der Waals surface area contributed by atoms with Gasteiger partial charge in [-0.05, 0) is 66.5 Å². The minimum atomic E-state index is -0.184. The van der Waals surface area contributed by atoms with Crippen LogP contribution in [0.2, 0.25) is 0 Å². The van der Waals surface area contributed by atoms with Crippen molar-refractivity contribution in [3.05, 3.63) is 101 Å². The lowest BCUT2D eigenvalue weighted by Gasteiger charge is -2.36. The summed E-state index contributed by atoms with van der Waals surface area (Å²) < 4.78 is 0. The summed E-state index contributed by atoms with van der Waals surface area (Å²) in [5, 5.41) is 1.81. The molecule has 0 saturated carbocycles. The fraction of sp³-hybridized carbons (Fsp3) is 0.333. The van der Waals surface area contributed by atoms with E-state index in [1.165, 1.54) is 49.7 Å². The Kier molecular flexibility index (Phi) is 5.32. The molecule has 0 bridgehead atoms. The van der Waals surface area contributed by atoms with Crippen LogP contribution in [0.5, 0.6) is 0 Å². The molecule has 2 unspecified atom stereocenters. The highest BCUT2D eigenvalue weighted by Gasteiger charge is 2.40. The molecule has 142 valence electrons. The van der Waals surface area contributed by atoms with Gasteiger partial charge in [0.25, 0.3) is 0 Å². The first kappa shape index (κ1) is 18.1. The molecule has 2 aromatic carbocycles. The molecule has 0 nitrogen and oxygen atoms in total. The molecule has 0 aromatic heterocycles. The van der Waals surface area contributed by atoms with E-state index in [1.54, 1.807) is 10.9 Å². The van der Waals surface area contributed by atoms with Crippen molar-refractivity contribution in [3.8, 4) is 0 Å². The lowest BCUT2D eigenvalue weighted by atomic mass is 9.97. The molecule has 3 aliphatic rings. The Hall–Kier alpha value is -1.91. The first-order valence-electron chi connectivity index (χ1n) is 10.9. The van der Waals surface area contributed by atoms with E-state index in [-0.39, 0.29) is 7.92 Å². The first-order chi connectivity index (χ1) is 13.9. The van der Waals surface area contributed by atoms with Crippen LogP contribution in [0.4, 0.5) is 0 Å². The van der Waals surface area contributed by atoms with Crippen molar-refractivity contribution in [1.29, 1.82) is 0 Å². The summed E-state index contributed by atoms with van der Waals surface area (Å²) in [7, 11) is -0.184. The fourth-order valence-electron chi connectivity index (χ4n) is 5.36. The SMILES string of the molecule is C1=C[C@H](P(C2=CCCC2)[C@@H]2CCC=C2c2ccccc2)C(c2ccccc2)C1. The van der Waals surface area contributed by atoms with Crippen molar-refractivity contribution in [3.63, 3.8) is 0 Å². The van der Waals surface area contributed by atoms with Gasteiger partial charge in [-0.25, -0.2) is 0 Å². The molecule has 28 heavy (non-hydrogen) atoms. The number of hydrogen-bond donors (Lipinski definition) is 0. The van der Waals surface area contributed by atoms with Crippen LogP contribution in [0.3, 0.4) is 0 Å². The van der Waals surface area contributed by atoms with Gasteiger partial charge in [0.1, 0.15) is 0 Å².